The number of rotatable bonds is 4. The van der Waals surface area contributed by atoms with E-state index in [1.807, 2.05) is 30.3 Å². The minimum absolute atomic E-state index is 0.200. The largest absolute Gasteiger partial charge is 0.438 e. The van der Waals surface area contributed by atoms with Crippen LogP contribution < -0.4 is 0 Å². The molecule has 2 heterocycles. The molecule has 0 radical (unpaired) electrons. The minimum Gasteiger partial charge on any atom is -0.438 e. The highest BCUT2D eigenvalue weighted by Gasteiger charge is 2.35. The van der Waals surface area contributed by atoms with Gasteiger partial charge in [-0.15, -0.1) is 0 Å². The first-order valence-electron chi connectivity index (χ1n) is 8.79. The van der Waals surface area contributed by atoms with Crippen molar-refractivity contribution in [1.29, 1.82) is 0 Å². The third kappa shape index (κ3) is 3.50. The van der Waals surface area contributed by atoms with Gasteiger partial charge in [0.1, 0.15) is 0 Å². The lowest BCUT2D eigenvalue weighted by Gasteiger charge is -2.36. The Morgan fingerprint density at radius 3 is 2.48 bits per heavy atom. The summed E-state index contributed by atoms with van der Waals surface area (Å²) in [7, 11) is 0. The van der Waals surface area contributed by atoms with Gasteiger partial charge < -0.3 is 4.74 Å². The van der Waals surface area contributed by atoms with Crippen molar-refractivity contribution in [1.82, 2.24) is 9.80 Å². The second-order valence-electron chi connectivity index (χ2n) is 6.49. The number of fused-ring (bicyclic) bond motifs is 1. The lowest BCUT2D eigenvalue weighted by molar-refractivity contribution is -0.0398. The summed E-state index contributed by atoms with van der Waals surface area (Å²) < 4.78 is 5.60. The number of hydrogen-bond donors (Lipinski definition) is 0. The molecular formula is C21H22N2O2. The highest BCUT2D eigenvalue weighted by atomic mass is 16.6. The topological polar surface area (TPSA) is 32.8 Å². The molecule has 0 amide bonds. The molecule has 2 aromatic carbocycles. The maximum Gasteiger partial charge on any atom is 0.340 e. The molecule has 0 aromatic heterocycles. The third-order valence-corrected chi connectivity index (χ3v) is 4.88. The Morgan fingerprint density at radius 1 is 0.960 bits per heavy atom. The number of ether oxygens (including phenoxy) is 1. The van der Waals surface area contributed by atoms with Crippen LogP contribution in [0.4, 0.5) is 0 Å². The van der Waals surface area contributed by atoms with E-state index >= 15 is 0 Å². The molecule has 0 aliphatic carbocycles. The minimum atomic E-state index is -0.217. The van der Waals surface area contributed by atoms with E-state index in [2.05, 4.69) is 46.2 Å². The van der Waals surface area contributed by atoms with Crippen molar-refractivity contribution in [2.45, 2.75) is 6.23 Å². The summed E-state index contributed by atoms with van der Waals surface area (Å²) in [6.07, 6.45) is 4.17. The average Bonchev–Trinajstić information content (AvgIpc) is 3.00. The predicted octanol–water partition coefficient (Wildman–Crippen LogP) is 3.19. The fourth-order valence-corrected chi connectivity index (χ4v) is 3.48. The van der Waals surface area contributed by atoms with E-state index in [9.17, 15) is 4.79 Å². The van der Waals surface area contributed by atoms with E-state index in [1.165, 1.54) is 5.56 Å². The van der Waals surface area contributed by atoms with Crippen LogP contribution in [0, 0.1) is 0 Å². The third-order valence-electron chi connectivity index (χ3n) is 4.88. The van der Waals surface area contributed by atoms with Gasteiger partial charge in [0.05, 0.1) is 5.56 Å². The standard InChI is InChI=1S/C21H22N2O2/c24-21-19-11-5-4-10-18(19)20(25-21)23-15-13-22(14-16-23)12-6-9-17-7-2-1-3-8-17/h1-11,20H,12-16H2/b9-6-/t20-/m1/s1. The highest BCUT2D eigenvalue weighted by molar-refractivity contribution is 5.93. The van der Waals surface area contributed by atoms with Gasteiger partial charge in [-0.1, -0.05) is 60.7 Å². The smallest absolute Gasteiger partial charge is 0.340 e. The van der Waals surface area contributed by atoms with Crippen LogP contribution in [-0.2, 0) is 4.74 Å². The van der Waals surface area contributed by atoms with E-state index in [4.69, 9.17) is 4.74 Å². The quantitative estimate of drug-likeness (QED) is 0.804. The molecular weight excluding hydrogens is 312 g/mol. The van der Waals surface area contributed by atoms with Crippen LogP contribution in [0.3, 0.4) is 0 Å². The van der Waals surface area contributed by atoms with Crippen molar-refractivity contribution in [3.05, 3.63) is 77.4 Å². The maximum absolute atomic E-state index is 12.0. The number of piperazine rings is 1. The fourth-order valence-electron chi connectivity index (χ4n) is 3.48. The van der Waals surface area contributed by atoms with Gasteiger partial charge in [0.15, 0.2) is 6.23 Å². The molecule has 0 saturated carbocycles. The number of hydrogen-bond acceptors (Lipinski definition) is 4. The van der Waals surface area contributed by atoms with Crippen LogP contribution >= 0.6 is 0 Å². The van der Waals surface area contributed by atoms with E-state index in [-0.39, 0.29) is 12.2 Å². The maximum atomic E-state index is 12.0. The second-order valence-corrected chi connectivity index (χ2v) is 6.49. The Balaban J connectivity index is 1.32. The molecule has 2 aliphatic rings. The normalized spacial score (nSPS) is 21.4. The number of esters is 1. The van der Waals surface area contributed by atoms with Crippen LogP contribution in [0.5, 0.6) is 0 Å². The molecule has 1 saturated heterocycles. The molecule has 4 rings (SSSR count). The predicted molar refractivity (Wildman–Crippen MR) is 98.1 cm³/mol. The van der Waals surface area contributed by atoms with Crippen LogP contribution in [0.2, 0.25) is 0 Å². The number of cyclic esters (lactones) is 1. The van der Waals surface area contributed by atoms with Crippen LogP contribution in [0.25, 0.3) is 6.08 Å². The Hall–Kier alpha value is -2.43. The summed E-state index contributed by atoms with van der Waals surface area (Å²) in [6.45, 7) is 4.73. The summed E-state index contributed by atoms with van der Waals surface area (Å²) >= 11 is 0. The highest BCUT2D eigenvalue weighted by Crippen LogP contribution is 2.33. The van der Waals surface area contributed by atoms with Gasteiger partial charge in [0.25, 0.3) is 0 Å². The van der Waals surface area contributed by atoms with E-state index in [1.54, 1.807) is 0 Å². The first-order chi connectivity index (χ1) is 12.3. The Labute approximate surface area is 148 Å². The van der Waals surface area contributed by atoms with E-state index in [0.717, 1.165) is 38.3 Å². The van der Waals surface area contributed by atoms with Gasteiger partial charge in [-0.25, -0.2) is 4.79 Å². The second kappa shape index (κ2) is 7.21. The van der Waals surface area contributed by atoms with Crippen LogP contribution in [-0.4, -0.2) is 48.5 Å². The van der Waals surface area contributed by atoms with Crippen molar-refractivity contribution < 1.29 is 9.53 Å². The van der Waals surface area contributed by atoms with Crippen molar-refractivity contribution in [2.24, 2.45) is 0 Å². The molecule has 2 aliphatic heterocycles. The molecule has 0 spiro atoms. The van der Waals surface area contributed by atoms with Gasteiger partial charge in [0, 0.05) is 38.3 Å². The molecule has 0 bridgehead atoms. The summed E-state index contributed by atoms with van der Waals surface area (Å²) in [4.78, 5) is 16.7. The summed E-state index contributed by atoms with van der Waals surface area (Å²) in [5.41, 5.74) is 2.95. The Kier molecular flexibility index (Phi) is 4.63. The van der Waals surface area contributed by atoms with Crippen LogP contribution in [0.15, 0.2) is 60.7 Å². The Morgan fingerprint density at radius 2 is 1.68 bits per heavy atom. The molecule has 0 unspecified atom stereocenters. The molecule has 1 atom stereocenters. The van der Waals surface area contributed by atoms with Crippen LogP contribution in [0.1, 0.15) is 27.7 Å². The molecule has 0 N–H and O–H groups in total. The summed E-state index contributed by atoms with van der Waals surface area (Å²) in [5.74, 6) is -0.200. The zero-order valence-corrected chi connectivity index (χ0v) is 14.2. The molecule has 128 valence electrons. The van der Waals surface area contributed by atoms with Gasteiger partial charge >= 0.3 is 5.97 Å². The van der Waals surface area contributed by atoms with Crippen molar-refractivity contribution in [3.8, 4) is 0 Å². The van der Waals surface area contributed by atoms with Crippen molar-refractivity contribution >= 4 is 12.0 Å². The molecule has 2 aromatic rings. The van der Waals surface area contributed by atoms with E-state index < -0.39 is 0 Å². The van der Waals surface area contributed by atoms with Gasteiger partial charge in [-0.05, 0) is 11.6 Å². The first kappa shape index (κ1) is 16.1. The van der Waals surface area contributed by atoms with Gasteiger partial charge in [0.2, 0.25) is 0 Å². The number of nitrogens with zero attached hydrogens (tertiary/aromatic N) is 2. The molecule has 4 nitrogen and oxygen atoms in total. The number of carbonyl (C=O) groups excluding carboxylic acids is 1. The lowest BCUT2D eigenvalue weighted by Crippen LogP contribution is -2.47. The first-order valence-corrected chi connectivity index (χ1v) is 8.79. The Bertz CT molecular complexity index is 764. The molecule has 1 fully saturated rings. The number of carbonyl (C=O) groups is 1. The van der Waals surface area contributed by atoms with Crippen molar-refractivity contribution in [3.63, 3.8) is 0 Å². The van der Waals surface area contributed by atoms with E-state index in [0.29, 0.717) is 5.56 Å². The van der Waals surface area contributed by atoms with Crippen molar-refractivity contribution in [2.75, 3.05) is 32.7 Å². The molecule has 4 heteroatoms. The lowest BCUT2D eigenvalue weighted by atomic mass is 10.1. The number of benzene rings is 2. The zero-order chi connectivity index (χ0) is 17.1. The molecule has 25 heavy (non-hydrogen) atoms. The summed E-state index contributed by atoms with van der Waals surface area (Å²) in [5, 5.41) is 0. The SMILES string of the molecule is O=C1O[C@@H](N2CCN(C/C=C\c3ccccc3)CC2)c2ccccc21. The monoisotopic (exact) mass is 334 g/mol. The zero-order valence-electron chi connectivity index (χ0n) is 14.2. The fraction of sp³-hybridized carbons (Fsp3) is 0.286. The average molecular weight is 334 g/mol. The summed E-state index contributed by atoms with van der Waals surface area (Å²) in [6, 6.07) is 18.1. The van der Waals surface area contributed by atoms with Gasteiger partial charge in [-0.2, -0.15) is 0 Å². The van der Waals surface area contributed by atoms with Gasteiger partial charge in [-0.3, -0.25) is 9.80 Å².